The molecular formula is C11H19N3O2. The highest BCUT2D eigenvalue weighted by Crippen LogP contribution is 2.12. The van der Waals surface area contributed by atoms with Crippen LogP contribution in [0.1, 0.15) is 30.3 Å². The van der Waals surface area contributed by atoms with Gasteiger partial charge in [0.2, 0.25) is 5.91 Å². The Morgan fingerprint density at radius 2 is 2.19 bits per heavy atom. The summed E-state index contributed by atoms with van der Waals surface area (Å²) in [6, 6.07) is 0. The molecule has 0 aliphatic rings. The Kier molecular flexibility index (Phi) is 4.49. The van der Waals surface area contributed by atoms with Crippen molar-refractivity contribution in [3.05, 3.63) is 17.0 Å². The first kappa shape index (κ1) is 12.7. The van der Waals surface area contributed by atoms with Crippen LogP contribution in [0.15, 0.2) is 0 Å². The van der Waals surface area contributed by atoms with Crippen LogP contribution in [-0.4, -0.2) is 27.3 Å². The molecule has 0 aliphatic heterocycles. The predicted molar refractivity (Wildman–Crippen MR) is 60.9 cm³/mol. The third-order valence-electron chi connectivity index (χ3n) is 2.61. The van der Waals surface area contributed by atoms with E-state index in [2.05, 4.69) is 10.4 Å². The standard InChI is InChI=1S/C11H19N3O2/c1-4-12-11(16)5-6-14-9(3)10(7-15)8(2)13-14/h15H,4-7H2,1-3H3,(H,12,16). The number of amides is 1. The van der Waals surface area contributed by atoms with Gasteiger partial charge < -0.3 is 10.4 Å². The minimum absolute atomic E-state index is 0.00117. The van der Waals surface area contributed by atoms with Crippen LogP contribution < -0.4 is 5.32 Å². The number of hydrogen-bond donors (Lipinski definition) is 2. The highest BCUT2D eigenvalue weighted by molar-refractivity contribution is 5.75. The molecule has 1 heterocycles. The van der Waals surface area contributed by atoms with Crippen LogP contribution in [0.3, 0.4) is 0 Å². The maximum Gasteiger partial charge on any atom is 0.221 e. The van der Waals surface area contributed by atoms with Crippen molar-refractivity contribution < 1.29 is 9.90 Å². The Hall–Kier alpha value is -1.36. The van der Waals surface area contributed by atoms with Gasteiger partial charge in [0.25, 0.3) is 0 Å². The number of aliphatic hydroxyl groups excluding tert-OH is 1. The van der Waals surface area contributed by atoms with Crippen LogP contribution in [0.5, 0.6) is 0 Å². The lowest BCUT2D eigenvalue weighted by Crippen LogP contribution is -2.24. The molecular weight excluding hydrogens is 206 g/mol. The molecule has 0 fully saturated rings. The van der Waals surface area contributed by atoms with Crippen molar-refractivity contribution in [2.24, 2.45) is 0 Å². The number of carbonyl (C=O) groups excluding carboxylic acids is 1. The van der Waals surface area contributed by atoms with Crippen LogP contribution in [0.2, 0.25) is 0 Å². The lowest BCUT2D eigenvalue weighted by atomic mass is 10.2. The summed E-state index contributed by atoms with van der Waals surface area (Å²) < 4.78 is 1.77. The smallest absolute Gasteiger partial charge is 0.221 e. The van der Waals surface area contributed by atoms with Crippen molar-refractivity contribution >= 4 is 5.91 Å². The van der Waals surface area contributed by atoms with Gasteiger partial charge in [-0.25, -0.2) is 0 Å². The van der Waals surface area contributed by atoms with Gasteiger partial charge in [0.1, 0.15) is 0 Å². The van der Waals surface area contributed by atoms with Crippen molar-refractivity contribution in [3.63, 3.8) is 0 Å². The molecule has 0 bridgehead atoms. The highest BCUT2D eigenvalue weighted by Gasteiger charge is 2.10. The molecule has 5 heteroatoms. The van der Waals surface area contributed by atoms with E-state index in [9.17, 15) is 4.79 Å². The summed E-state index contributed by atoms with van der Waals surface area (Å²) in [4.78, 5) is 11.3. The van der Waals surface area contributed by atoms with E-state index < -0.39 is 0 Å². The van der Waals surface area contributed by atoms with Gasteiger partial charge in [-0.3, -0.25) is 9.48 Å². The third kappa shape index (κ3) is 2.82. The Morgan fingerprint density at radius 3 is 2.69 bits per heavy atom. The Bertz CT molecular complexity index is 372. The van der Waals surface area contributed by atoms with E-state index in [-0.39, 0.29) is 12.5 Å². The number of aliphatic hydroxyl groups is 1. The summed E-state index contributed by atoms with van der Waals surface area (Å²) in [5.74, 6) is 0.0283. The number of aromatic nitrogens is 2. The molecule has 0 radical (unpaired) electrons. The molecule has 1 rings (SSSR count). The van der Waals surface area contributed by atoms with Gasteiger partial charge in [0, 0.05) is 30.8 Å². The molecule has 16 heavy (non-hydrogen) atoms. The van der Waals surface area contributed by atoms with Crippen LogP contribution >= 0.6 is 0 Å². The lowest BCUT2D eigenvalue weighted by molar-refractivity contribution is -0.121. The molecule has 0 atom stereocenters. The summed E-state index contributed by atoms with van der Waals surface area (Å²) in [5.41, 5.74) is 2.62. The second-order valence-corrected chi connectivity index (χ2v) is 3.73. The fourth-order valence-electron chi connectivity index (χ4n) is 1.67. The van der Waals surface area contributed by atoms with Crippen molar-refractivity contribution in [3.8, 4) is 0 Å². The molecule has 90 valence electrons. The fraction of sp³-hybridized carbons (Fsp3) is 0.636. The molecule has 1 aromatic rings. The second-order valence-electron chi connectivity index (χ2n) is 3.73. The Balaban J connectivity index is 2.64. The summed E-state index contributed by atoms with van der Waals surface area (Å²) in [7, 11) is 0. The monoisotopic (exact) mass is 225 g/mol. The van der Waals surface area contributed by atoms with Crippen molar-refractivity contribution in [2.75, 3.05) is 6.54 Å². The molecule has 2 N–H and O–H groups in total. The molecule has 0 aromatic carbocycles. The molecule has 0 spiro atoms. The zero-order valence-electron chi connectivity index (χ0n) is 10.1. The lowest BCUT2D eigenvalue weighted by Gasteiger charge is -2.05. The number of carbonyl (C=O) groups is 1. The molecule has 5 nitrogen and oxygen atoms in total. The topological polar surface area (TPSA) is 67.2 Å². The molecule has 1 amide bonds. The van der Waals surface area contributed by atoms with Gasteiger partial charge in [-0.05, 0) is 20.8 Å². The fourth-order valence-corrected chi connectivity index (χ4v) is 1.67. The SMILES string of the molecule is CCNC(=O)CCn1nc(C)c(CO)c1C. The summed E-state index contributed by atoms with van der Waals surface area (Å²) >= 11 is 0. The molecule has 0 unspecified atom stereocenters. The number of rotatable bonds is 5. The van der Waals surface area contributed by atoms with Gasteiger partial charge in [0.15, 0.2) is 0 Å². The number of aryl methyl sites for hydroxylation is 2. The summed E-state index contributed by atoms with van der Waals surface area (Å²) in [6.07, 6.45) is 0.417. The number of nitrogens with one attached hydrogen (secondary N) is 1. The zero-order valence-corrected chi connectivity index (χ0v) is 10.1. The van der Waals surface area contributed by atoms with Crippen LogP contribution in [0, 0.1) is 13.8 Å². The number of hydrogen-bond acceptors (Lipinski definition) is 3. The summed E-state index contributed by atoms with van der Waals surface area (Å²) in [5, 5.41) is 16.2. The highest BCUT2D eigenvalue weighted by atomic mass is 16.3. The van der Waals surface area contributed by atoms with Crippen molar-refractivity contribution in [2.45, 2.75) is 40.3 Å². The number of nitrogens with zero attached hydrogens (tertiary/aromatic N) is 2. The first-order chi connectivity index (χ1) is 7.60. The average Bonchev–Trinajstić information content (AvgIpc) is 2.51. The van der Waals surface area contributed by atoms with Gasteiger partial charge in [-0.15, -0.1) is 0 Å². The van der Waals surface area contributed by atoms with E-state index in [4.69, 9.17) is 5.11 Å². The molecule has 0 saturated carbocycles. The van der Waals surface area contributed by atoms with Gasteiger partial charge in [0.05, 0.1) is 12.3 Å². The second kappa shape index (κ2) is 5.65. The molecule has 1 aromatic heterocycles. The minimum atomic E-state index is -0.00117. The van der Waals surface area contributed by atoms with E-state index in [0.717, 1.165) is 17.0 Å². The summed E-state index contributed by atoms with van der Waals surface area (Å²) in [6.45, 7) is 6.87. The first-order valence-corrected chi connectivity index (χ1v) is 5.50. The average molecular weight is 225 g/mol. The first-order valence-electron chi connectivity index (χ1n) is 5.50. The normalized spacial score (nSPS) is 10.5. The van der Waals surface area contributed by atoms with Crippen LogP contribution in [0.25, 0.3) is 0 Å². The molecule has 0 aliphatic carbocycles. The molecule has 0 saturated heterocycles. The van der Waals surface area contributed by atoms with E-state index in [1.165, 1.54) is 0 Å². The third-order valence-corrected chi connectivity index (χ3v) is 2.61. The minimum Gasteiger partial charge on any atom is -0.392 e. The van der Waals surface area contributed by atoms with E-state index in [1.54, 1.807) is 4.68 Å². The largest absolute Gasteiger partial charge is 0.392 e. The maximum atomic E-state index is 11.3. The quantitative estimate of drug-likeness (QED) is 0.767. The van der Waals surface area contributed by atoms with Gasteiger partial charge >= 0.3 is 0 Å². The van der Waals surface area contributed by atoms with Gasteiger partial charge in [-0.2, -0.15) is 5.10 Å². The Morgan fingerprint density at radius 1 is 1.50 bits per heavy atom. The van der Waals surface area contributed by atoms with Crippen LogP contribution in [0.4, 0.5) is 0 Å². The van der Waals surface area contributed by atoms with Crippen LogP contribution in [-0.2, 0) is 17.9 Å². The maximum absolute atomic E-state index is 11.3. The zero-order chi connectivity index (χ0) is 12.1. The van der Waals surface area contributed by atoms with E-state index in [0.29, 0.717) is 19.5 Å². The van der Waals surface area contributed by atoms with Crippen molar-refractivity contribution in [1.82, 2.24) is 15.1 Å². The Labute approximate surface area is 95.5 Å². The van der Waals surface area contributed by atoms with Gasteiger partial charge in [-0.1, -0.05) is 0 Å². The van der Waals surface area contributed by atoms with Crippen molar-refractivity contribution in [1.29, 1.82) is 0 Å². The van der Waals surface area contributed by atoms with E-state index in [1.807, 2.05) is 20.8 Å². The van der Waals surface area contributed by atoms with E-state index >= 15 is 0 Å². The predicted octanol–water partition coefficient (Wildman–Crippen LogP) is 0.518.